The van der Waals surface area contributed by atoms with Crippen molar-refractivity contribution >= 4 is 0 Å². The number of nitrogens with zero attached hydrogens (tertiary/aromatic N) is 2. The van der Waals surface area contributed by atoms with Crippen LogP contribution in [0.5, 0.6) is 0 Å². The molecule has 1 aromatic rings. The van der Waals surface area contributed by atoms with Crippen molar-refractivity contribution in [2.75, 3.05) is 0 Å². The van der Waals surface area contributed by atoms with Crippen LogP contribution in [0.15, 0.2) is 42.0 Å². The molecule has 0 radical (unpaired) electrons. The first-order chi connectivity index (χ1) is 6.77. The Bertz CT molecular complexity index is 388. The molecule has 0 aliphatic rings. The summed E-state index contributed by atoms with van der Waals surface area (Å²) < 4.78 is 0. The maximum absolute atomic E-state index is 8.58. The summed E-state index contributed by atoms with van der Waals surface area (Å²) in [7, 11) is 0. The van der Waals surface area contributed by atoms with E-state index in [-0.39, 0.29) is 11.5 Å². The Morgan fingerprint density at radius 3 is 2.29 bits per heavy atom. The molecule has 0 aliphatic heterocycles. The molecule has 0 N–H and O–H groups in total. The summed E-state index contributed by atoms with van der Waals surface area (Å²) in [5.74, 6) is 0.102. The van der Waals surface area contributed by atoms with Crippen molar-refractivity contribution in [1.29, 1.82) is 10.5 Å². The van der Waals surface area contributed by atoms with Gasteiger partial charge in [-0.15, -0.1) is 0 Å². The van der Waals surface area contributed by atoms with E-state index in [0.29, 0.717) is 0 Å². The SMILES string of the molecule is CC(C=C(C#N)C#N)c1ccccc1. The summed E-state index contributed by atoms with van der Waals surface area (Å²) in [6, 6.07) is 13.5. The summed E-state index contributed by atoms with van der Waals surface area (Å²) in [4.78, 5) is 0. The molecule has 0 saturated heterocycles. The minimum atomic E-state index is 0.102. The highest BCUT2D eigenvalue weighted by Gasteiger charge is 2.02. The van der Waals surface area contributed by atoms with E-state index in [4.69, 9.17) is 10.5 Å². The van der Waals surface area contributed by atoms with Crippen LogP contribution in [-0.2, 0) is 0 Å². The number of benzene rings is 1. The summed E-state index contributed by atoms with van der Waals surface area (Å²) in [5, 5.41) is 17.2. The Balaban J connectivity index is 2.89. The molecule has 0 saturated carbocycles. The summed E-state index contributed by atoms with van der Waals surface area (Å²) in [5.41, 5.74) is 1.27. The highest BCUT2D eigenvalue weighted by Crippen LogP contribution is 2.17. The van der Waals surface area contributed by atoms with Gasteiger partial charge in [-0.1, -0.05) is 37.3 Å². The fraction of sp³-hybridized carbons (Fsp3) is 0.167. The van der Waals surface area contributed by atoms with Crippen LogP contribution in [0.25, 0.3) is 0 Å². The number of hydrogen-bond acceptors (Lipinski definition) is 2. The molecule has 0 spiro atoms. The average Bonchev–Trinajstić information content (AvgIpc) is 2.26. The smallest absolute Gasteiger partial charge is 0.126 e. The molecule has 0 aliphatic carbocycles. The van der Waals surface area contributed by atoms with E-state index in [1.807, 2.05) is 49.4 Å². The van der Waals surface area contributed by atoms with Gasteiger partial charge >= 0.3 is 0 Å². The fourth-order valence-corrected chi connectivity index (χ4v) is 1.20. The number of allylic oxidation sites excluding steroid dienone is 2. The molecule has 2 heteroatoms. The number of nitriles is 2. The maximum Gasteiger partial charge on any atom is 0.126 e. The largest absolute Gasteiger partial charge is 0.192 e. The van der Waals surface area contributed by atoms with Gasteiger partial charge in [-0.25, -0.2) is 0 Å². The van der Waals surface area contributed by atoms with Crippen LogP contribution in [0.1, 0.15) is 18.4 Å². The van der Waals surface area contributed by atoms with Crippen molar-refractivity contribution in [2.24, 2.45) is 0 Å². The Morgan fingerprint density at radius 1 is 1.21 bits per heavy atom. The van der Waals surface area contributed by atoms with Crippen LogP contribution in [0.4, 0.5) is 0 Å². The lowest BCUT2D eigenvalue weighted by molar-refractivity contribution is 0.963. The molecule has 1 unspecified atom stereocenters. The third-order valence-corrected chi connectivity index (χ3v) is 1.98. The minimum absolute atomic E-state index is 0.102. The normalized spacial score (nSPS) is 10.8. The molecule has 68 valence electrons. The average molecular weight is 182 g/mol. The van der Waals surface area contributed by atoms with E-state index in [1.165, 1.54) is 0 Å². The van der Waals surface area contributed by atoms with Gasteiger partial charge in [0.05, 0.1) is 0 Å². The lowest BCUT2D eigenvalue weighted by Crippen LogP contribution is -1.89. The van der Waals surface area contributed by atoms with E-state index in [0.717, 1.165) is 5.56 Å². The number of rotatable bonds is 2. The predicted molar refractivity (Wildman–Crippen MR) is 54.2 cm³/mol. The second kappa shape index (κ2) is 4.84. The summed E-state index contributed by atoms with van der Waals surface area (Å²) >= 11 is 0. The van der Waals surface area contributed by atoms with Gasteiger partial charge in [0.1, 0.15) is 17.7 Å². The van der Waals surface area contributed by atoms with Crippen molar-refractivity contribution in [2.45, 2.75) is 12.8 Å². The quantitative estimate of drug-likeness (QED) is 0.660. The zero-order valence-corrected chi connectivity index (χ0v) is 7.94. The fourth-order valence-electron chi connectivity index (χ4n) is 1.20. The van der Waals surface area contributed by atoms with Gasteiger partial charge in [0.15, 0.2) is 0 Å². The molecule has 1 aromatic carbocycles. The second-order valence-electron chi connectivity index (χ2n) is 3.00. The Hall–Kier alpha value is -2.06. The van der Waals surface area contributed by atoms with Gasteiger partial charge in [-0.05, 0) is 11.6 Å². The van der Waals surface area contributed by atoms with E-state index >= 15 is 0 Å². The third kappa shape index (κ3) is 2.47. The van der Waals surface area contributed by atoms with Gasteiger partial charge in [-0.2, -0.15) is 10.5 Å². The van der Waals surface area contributed by atoms with E-state index < -0.39 is 0 Å². The van der Waals surface area contributed by atoms with Crippen LogP contribution in [-0.4, -0.2) is 0 Å². The zero-order chi connectivity index (χ0) is 10.4. The molecule has 14 heavy (non-hydrogen) atoms. The predicted octanol–water partition coefficient (Wildman–Crippen LogP) is 2.76. The molecule has 0 fully saturated rings. The van der Waals surface area contributed by atoms with Gasteiger partial charge in [-0.3, -0.25) is 0 Å². The van der Waals surface area contributed by atoms with Crippen LogP contribution in [0, 0.1) is 22.7 Å². The molecular formula is C12H10N2. The first-order valence-corrected chi connectivity index (χ1v) is 4.35. The van der Waals surface area contributed by atoms with Gasteiger partial charge < -0.3 is 0 Å². The zero-order valence-electron chi connectivity index (χ0n) is 7.94. The lowest BCUT2D eigenvalue weighted by Gasteiger charge is -2.04. The van der Waals surface area contributed by atoms with Gasteiger partial charge in [0, 0.05) is 5.92 Å². The van der Waals surface area contributed by atoms with E-state index in [9.17, 15) is 0 Å². The first-order valence-electron chi connectivity index (χ1n) is 4.35. The van der Waals surface area contributed by atoms with E-state index in [1.54, 1.807) is 6.08 Å². The van der Waals surface area contributed by atoms with Crippen LogP contribution >= 0.6 is 0 Å². The third-order valence-electron chi connectivity index (χ3n) is 1.98. The van der Waals surface area contributed by atoms with Crippen molar-refractivity contribution in [3.05, 3.63) is 47.5 Å². The molecule has 1 rings (SSSR count). The Kier molecular flexibility index (Phi) is 3.47. The van der Waals surface area contributed by atoms with Gasteiger partial charge in [0.25, 0.3) is 0 Å². The monoisotopic (exact) mass is 182 g/mol. The van der Waals surface area contributed by atoms with Gasteiger partial charge in [0.2, 0.25) is 0 Å². The minimum Gasteiger partial charge on any atom is -0.192 e. The number of hydrogen-bond donors (Lipinski definition) is 0. The molecule has 0 bridgehead atoms. The van der Waals surface area contributed by atoms with Crippen molar-refractivity contribution in [3.63, 3.8) is 0 Å². The lowest BCUT2D eigenvalue weighted by atomic mass is 9.99. The Labute approximate surface area is 83.7 Å². The van der Waals surface area contributed by atoms with Crippen molar-refractivity contribution < 1.29 is 0 Å². The second-order valence-corrected chi connectivity index (χ2v) is 3.00. The van der Waals surface area contributed by atoms with Crippen LogP contribution in [0.3, 0.4) is 0 Å². The first kappa shape index (κ1) is 10.0. The highest BCUT2D eigenvalue weighted by atomic mass is 14.3. The summed E-state index contributed by atoms with van der Waals surface area (Å²) in [6.07, 6.45) is 1.68. The van der Waals surface area contributed by atoms with Crippen LogP contribution in [0.2, 0.25) is 0 Å². The van der Waals surface area contributed by atoms with Crippen LogP contribution < -0.4 is 0 Å². The molecular weight excluding hydrogens is 172 g/mol. The Morgan fingerprint density at radius 2 is 1.79 bits per heavy atom. The molecule has 0 aromatic heterocycles. The van der Waals surface area contributed by atoms with E-state index in [2.05, 4.69) is 0 Å². The molecule has 1 atom stereocenters. The standard InChI is InChI=1S/C12H10N2/c1-10(7-11(8-13)9-14)12-5-3-2-4-6-12/h2-7,10H,1H3. The molecule has 0 heterocycles. The van der Waals surface area contributed by atoms with Crippen molar-refractivity contribution in [1.82, 2.24) is 0 Å². The van der Waals surface area contributed by atoms with Crippen molar-refractivity contribution in [3.8, 4) is 12.1 Å². The molecule has 0 amide bonds. The summed E-state index contributed by atoms with van der Waals surface area (Å²) in [6.45, 7) is 1.96. The highest BCUT2D eigenvalue weighted by molar-refractivity contribution is 5.38. The molecule has 2 nitrogen and oxygen atoms in total. The maximum atomic E-state index is 8.58. The topological polar surface area (TPSA) is 47.6 Å².